The van der Waals surface area contributed by atoms with E-state index in [-0.39, 0.29) is 24.7 Å². The van der Waals surface area contributed by atoms with Crippen molar-refractivity contribution in [3.63, 3.8) is 0 Å². The molecule has 0 saturated carbocycles. The molecule has 0 aromatic heterocycles. The molecule has 0 heterocycles. The van der Waals surface area contributed by atoms with E-state index in [1.54, 1.807) is 20.8 Å². The zero-order valence-electron chi connectivity index (χ0n) is 13.4. The Kier molecular flexibility index (Phi) is 6.26. The summed E-state index contributed by atoms with van der Waals surface area (Å²) >= 11 is 0. The molecule has 0 fully saturated rings. The Bertz CT molecular complexity index is 539. The number of benzene rings is 1. The molecule has 0 atom stereocenters. The number of hydrogen-bond acceptors (Lipinski definition) is 4. The highest BCUT2D eigenvalue weighted by Crippen LogP contribution is 2.37. The number of halogens is 3. The SMILES string of the molecule is COCCOc1cc(NC(=O)OC(C)(C)C)ccc1C(F)(F)F. The molecule has 1 aromatic rings. The molecule has 23 heavy (non-hydrogen) atoms. The van der Waals surface area contributed by atoms with Crippen LogP contribution in [-0.4, -0.2) is 32.0 Å². The number of amides is 1. The van der Waals surface area contributed by atoms with Gasteiger partial charge in [-0.25, -0.2) is 4.79 Å². The second kappa shape index (κ2) is 7.54. The highest BCUT2D eigenvalue weighted by atomic mass is 19.4. The van der Waals surface area contributed by atoms with Crippen molar-refractivity contribution in [1.82, 2.24) is 0 Å². The maximum atomic E-state index is 13.0. The highest BCUT2D eigenvalue weighted by Gasteiger charge is 2.34. The van der Waals surface area contributed by atoms with Crippen molar-refractivity contribution < 1.29 is 32.2 Å². The van der Waals surface area contributed by atoms with Gasteiger partial charge in [-0.2, -0.15) is 13.2 Å². The van der Waals surface area contributed by atoms with E-state index in [4.69, 9.17) is 14.2 Å². The van der Waals surface area contributed by atoms with Crippen molar-refractivity contribution in [3.8, 4) is 5.75 Å². The standard InChI is InChI=1S/C15H20F3NO4/c1-14(2,3)23-13(20)19-10-5-6-11(15(16,17)18)12(9-10)22-8-7-21-4/h5-6,9H,7-8H2,1-4H3,(H,19,20). The second-order valence-electron chi connectivity index (χ2n) is 5.68. The normalized spacial score (nSPS) is 12.0. The number of carbonyl (C=O) groups is 1. The Morgan fingerprint density at radius 3 is 2.35 bits per heavy atom. The molecule has 0 saturated heterocycles. The van der Waals surface area contributed by atoms with Crippen LogP contribution in [0.25, 0.3) is 0 Å². The van der Waals surface area contributed by atoms with Crippen LogP contribution < -0.4 is 10.1 Å². The first-order valence-electron chi connectivity index (χ1n) is 6.86. The van der Waals surface area contributed by atoms with E-state index >= 15 is 0 Å². The molecule has 0 aliphatic rings. The first-order valence-corrected chi connectivity index (χ1v) is 6.86. The van der Waals surface area contributed by atoms with Gasteiger partial charge < -0.3 is 14.2 Å². The third-order valence-corrected chi connectivity index (χ3v) is 2.48. The summed E-state index contributed by atoms with van der Waals surface area (Å²) in [5, 5.41) is 2.37. The fraction of sp³-hybridized carbons (Fsp3) is 0.533. The third kappa shape index (κ3) is 6.77. The van der Waals surface area contributed by atoms with Gasteiger partial charge >= 0.3 is 12.3 Å². The summed E-state index contributed by atoms with van der Waals surface area (Å²) in [4.78, 5) is 11.7. The zero-order chi connectivity index (χ0) is 17.7. The van der Waals surface area contributed by atoms with Crippen LogP contribution in [0.4, 0.5) is 23.7 Å². The minimum Gasteiger partial charge on any atom is -0.490 e. The summed E-state index contributed by atoms with van der Waals surface area (Å²) in [6.07, 6.45) is -5.33. The fourth-order valence-corrected chi connectivity index (χ4v) is 1.61. The summed E-state index contributed by atoms with van der Waals surface area (Å²) in [6, 6.07) is 3.08. The Morgan fingerprint density at radius 2 is 1.83 bits per heavy atom. The number of hydrogen-bond donors (Lipinski definition) is 1. The fourth-order valence-electron chi connectivity index (χ4n) is 1.61. The molecule has 1 rings (SSSR count). The van der Waals surface area contributed by atoms with E-state index in [0.717, 1.165) is 18.2 Å². The molecule has 1 N–H and O–H groups in total. The molecule has 0 bridgehead atoms. The van der Waals surface area contributed by atoms with Crippen molar-refractivity contribution >= 4 is 11.8 Å². The first-order chi connectivity index (χ1) is 10.5. The van der Waals surface area contributed by atoms with Gasteiger partial charge in [-0.15, -0.1) is 0 Å². The topological polar surface area (TPSA) is 56.8 Å². The largest absolute Gasteiger partial charge is 0.490 e. The number of nitrogens with one attached hydrogen (secondary N) is 1. The quantitative estimate of drug-likeness (QED) is 0.824. The van der Waals surface area contributed by atoms with Crippen LogP contribution in [0.2, 0.25) is 0 Å². The van der Waals surface area contributed by atoms with Crippen LogP contribution in [0, 0.1) is 0 Å². The molecular formula is C15H20F3NO4. The maximum Gasteiger partial charge on any atom is 0.419 e. The summed E-state index contributed by atoms with van der Waals surface area (Å²) < 4.78 is 53.7. The minimum atomic E-state index is -4.56. The van der Waals surface area contributed by atoms with Crippen molar-refractivity contribution in [2.45, 2.75) is 32.5 Å². The van der Waals surface area contributed by atoms with Gasteiger partial charge in [0.15, 0.2) is 0 Å². The minimum absolute atomic E-state index is 0.0462. The smallest absolute Gasteiger partial charge is 0.419 e. The molecule has 8 heteroatoms. The van der Waals surface area contributed by atoms with Crippen LogP contribution >= 0.6 is 0 Å². The Balaban J connectivity index is 2.94. The van der Waals surface area contributed by atoms with Crippen LogP contribution in [0.3, 0.4) is 0 Å². The van der Waals surface area contributed by atoms with Crippen molar-refractivity contribution in [2.24, 2.45) is 0 Å². The van der Waals surface area contributed by atoms with Gasteiger partial charge in [-0.1, -0.05) is 0 Å². The van der Waals surface area contributed by atoms with E-state index in [0.29, 0.717) is 0 Å². The second-order valence-corrected chi connectivity index (χ2v) is 5.68. The van der Waals surface area contributed by atoms with E-state index in [9.17, 15) is 18.0 Å². The van der Waals surface area contributed by atoms with Crippen molar-refractivity contribution in [3.05, 3.63) is 23.8 Å². The zero-order valence-corrected chi connectivity index (χ0v) is 13.4. The summed E-state index contributed by atoms with van der Waals surface area (Å²) in [7, 11) is 1.41. The lowest BCUT2D eigenvalue weighted by Gasteiger charge is -2.20. The van der Waals surface area contributed by atoms with Gasteiger partial charge in [0.25, 0.3) is 0 Å². The average Bonchev–Trinajstić information content (AvgIpc) is 2.35. The third-order valence-electron chi connectivity index (χ3n) is 2.48. The van der Waals surface area contributed by atoms with Gasteiger partial charge in [0.2, 0.25) is 0 Å². The maximum absolute atomic E-state index is 13.0. The monoisotopic (exact) mass is 335 g/mol. The average molecular weight is 335 g/mol. The molecule has 0 radical (unpaired) electrons. The van der Waals surface area contributed by atoms with Crippen LogP contribution in [0.15, 0.2) is 18.2 Å². The van der Waals surface area contributed by atoms with E-state index in [1.165, 1.54) is 7.11 Å². The Hall–Kier alpha value is -1.96. The van der Waals surface area contributed by atoms with Crippen LogP contribution in [0.5, 0.6) is 5.75 Å². The lowest BCUT2D eigenvalue weighted by Crippen LogP contribution is -2.27. The number of anilines is 1. The molecule has 0 aliphatic heterocycles. The lowest BCUT2D eigenvalue weighted by molar-refractivity contribution is -0.139. The highest BCUT2D eigenvalue weighted by molar-refractivity contribution is 5.85. The van der Waals surface area contributed by atoms with Gasteiger partial charge in [0.05, 0.1) is 12.2 Å². The molecule has 0 unspecified atom stereocenters. The van der Waals surface area contributed by atoms with E-state index < -0.39 is 23.4 Å². The molecule has 0 aliphatic carbocycles. The van der Waals surface area contributed by atoms with Gasteiger partial charge in [-0.3, -0.25) is 5.32 Å². The van der Waals surface area contributed by atoms with Crippen LogP contribution in [0.1, 0.15) is 26.3 Å². The van der Waals surface area contributed by atoms with E-state index in [1.807, 2.05) is 0 Å². The lowest BCUT2D eigenvalue weighted by atomic mass is 10.1. The van der Waals surface area contributed by atoms with Crippen molar-refractivity contribution in [2.75, 3.05) is 25.6 Å². The number of carbonyl (C=O) groups excluding carboxylic acids is 1. The van der Waals surface area contributed by atoms with Gasteiger partial charge in [0, 0.05) is 18.9 Å². The summed E-state index contributed by atoms with van der Waals surface area (Å²) in [5.74, 6) is -0.386. The van der Waals surface area contributed by atoms with Crippen molar-refractivity contribution in [1.29, 1.82) is 0 Å². The molecular weight excluding hydrogens is 315 g/mol. The number of alkyl halides is 3. The molecule has 1 aromatic carbocycles. The van der Waals surface area contributed by atoms with Crippen LogP contribution in [-0.2, 0) is 15.7 Å². The van der Waals surface area contributed by atoms with E-state index in [2.05, 4.69) is 5.32 Å². The van der Waals surface area contributed by atoms with Gasteiger partial charge in [0.1, 0.15) is 18.0 Å². The summed E-state index contributed by atoms with van der Waals surface area (Å²) in [5.41, 5.74) is -1.50. The molecule has 1 amide bonds. The number of methoxy groups -OCH3 is 1. The summed E-state index contributed by atoms with van der Waals surface area (Å²) in [6.45, 7) is 5.13. The first kappa shape index (κ1) is 19.1. The molecule has 5 nitrogen and oxygen atoms in total. The Labute approximate surface area is 132 Å². The Morgan fingerprint density at radius 1 is 1.17 bits per heavy atom. The molecule has 0 spiro atoms. The molecule has 130 valence electrons. The predicted octanol–water partition coefficient (Wildman–Crippen LogP) is 4.08. The predicted molar refractivity (Wildman–Crippen MR) is 78.7 cm³/mol. The van der Waals surface area contributed by atoms with Gasteiger partial charge in [-0.05, 0) is 32.9 Å². The number of ether oxygens (including phenoxy) is 3. The number of rotatable bonds is 5.